The highest BCUT2D eigenvalue weighted by Gasteiger charge is 2.34. The van der Waals surface area contributed by atoms with Crippen LogP contribution in [0.1, 0.15) is 53.0 Å². The maximum atomic E-state index is 9.73. The van der Waals surface area contributed by atoms with E-state index in [9.17, 15) is 10.2 Å². The number of phenols is 2. The molecule has 0 heterocycles. The van der Waals surface area contributed by atoms with Gasteiger partial charge in [-0.25, -0.2) is 5.01 Å². The van der Waals surface area contributed by atoms with Crippen LogP contribution in [0, 0.1) is 16.4 Å². The summed E-state index contributed by atoms with van der Waals surface area (Å²) in [7, 11) is 0. The lowest BCUT2D eigenvalue weighted by atomic mass is 9.69. The molecule has 0 saturated heterocycles. The molecule has 128 valence electrons. The van der Waals surface area contributed by atoms with Gasteiger partial charge in [0.1, 0.15) is 17.3 Å². The van der Waals surface area contributed by atoms with Crippen LogP contribution in [0.5, 0.6) is 11.5 Å². The van der Waals surface area contributed by atoms with Crippen molar-refractivity contribution in [3.05, 3.63) is 23.8 Å². The van der Waals surface area contributed by atoms with E-state index in [0.717, 1.165) is 18.4 Å². The Morgan fingerprint density at radius 3 is 2.09 bits per heavy atom. The lowest BCUT2D eigenvalue weighted by molar-refractivity contribution is 0.163. The highest BCUT2D eigenvalue weighted by molar-refractivity contribution is 5.75. The quantitative estimate of drug-likeness (QED) is 0.258. The van der Waals surface area contributed by atoms with Crippen LogP contribution < -0.4 is 0 Å². The fourth-order valence-corrected chi connectivity index (χ4v) is 3.04. The molecule has 0 aliphatic heterocycles. The Labute approximate surface area is 138 Å². The fourth-order valence-electron chi connectivity index (χ4n) is 3.04. The Balaban J connectivity index is 3.07. The smallest absolute Gasteiger partial charge is 0.119 e. The summed E-state index contributed by atoms with van der Waals surface area (Å²) in [6.45, 7) is 10.4. The molecule has 0 aliphatic rings. The highest BCUT2D eigenvalue weighted by atomic mass is 16.3. The van der Waals surface area contributed by atoms with Crippen LogP contribution in [0.2, 0.25) is 0 Å². The first-order chi connectivity index (χ1) is 10.5. The summed E-state index contributed by atoms with van der Waals surface area (Å²) in [5.74, 6) is 0.335. The van der Waals surface area contributed by atoms with Crippen molar-refractivity contribution in [2.45, 2.75) is 52.9 Å². The van der Waals surface area contributed by atoms with Crippen molar-refractivity contribution in [1.82, 2.24) is 5.01 Å². The number of aromatic hydroxyl groups is 2. The molecule has 1 aromatic carbocycles. The molecule has 4 N–H and O–H groups in total. The highest BCUT2D eigenvalue weighted by Crippen LogP contribution is 2.41. The first-order valence-electron chi connectivity index (χ1n) is 7.76. The van der Waals surface area contributed by atoms with Gasteiger partial charge in [-0.1, -0.05) is 32.9 Å². The summed E-state index contributed by atoms with van der Waals surface area (Å²) >= 11 is 0. The SMILES string of the molecule is CCC(C)(CN(N=N)C(C)=N)CC(C)(C)c1cc(O)cc(O)c1. The van der Waals surface area contributed by atoms with Crippen LogP contribution >= 0.6 is 0 Å². The zero-order chi connectivity index (χ0) is 17.8. The average molecular weight is 320 g/mol. The van der Waals surface area contributed by atoms with Crippen LogP contribution in [0.15, 0.2) is 23.4 Å². The zero-order valence-corrected chi connectivity index (χ0v) is 14.6. The second-order valence-corrected chi connectivity index (χ2v) is 7.21. The Kier molecular flexibility index (Phi) is 5.75. The van der Waals surface area contributed by atoms with Crippen molar-refractivity contribution < 1.29 is 10.2 Å². The van der Waals surface area contributed by atoms with E-state index >= 15 is 0 Å². The van der Waals surface area contributed by atoms with Crippen molar-refractivity contribution >= 4 is 5.84 Å². The molecule has 1 unspecified atom stereocenters. The predicted molar refractivity (Wildman–Crippen MR) is 91.1 cm³/mol. The van der Waals surface area contributed by atoms with Crippen molar-refractivity contribution in [1.29, 1.82) is 10.9 Å². The molecule has 0 spiro atoms. The minimum absolute atomic E-state index is 0.0457. The first kappa shape index (κ1) is 18.9. The molecule has 0 aromatic heterocycles. The van der Waals surface area contributed by atoms with Gasteiger partial charge in [-0.15, -0.1) is 0 Å². The number of amidine groups is 1. The number of rotatable bonds is 7. The Morgan fingerprint density at radius 1 is 1.17 bits per heavy atom. The third-order valence-electron chi connectivity index (χ3n) is 4.45. The largest absolute Gasteiger partial charge is 0.508 e. The molecule has 6 nitrogen and oxygen atoms in total. The normalized spacial score (nSPS) is 14.1. The maximum Gasteiger partial charge on any atom is 0.119 e. The van der Waals surface area contributed by atoms with E-state index in [4.69, 9.17) is 10.9 Å². The van der Waals surface area contributed by atoms with Gasteiger partial charge >= 0.3 is 0 Å². The van der Waals surface area contributed by atoms with Gasteiger partial charge in [0.15, 0.2) is 0 Å². The van der Waals surface area contributed by atoms with E-state index in [-0.39, 0.29) is 28.2 Å². The lowest BCUT2D eigenvalue weighted by Gasteiger charge is -2.39. The topological polar surface area (TPSA) is 104 Å². The predicted octanol–water partition coefficient (Wildman–Crippen LogP) is 4.43. The van der Waals surface area contributed by atoms with E-state index in [0.29, 0.717) is 6.54 Å². The van der Waals surface area contributed by atoms with Gasteiger partial charge < -0.3 is 10.2 Å². The van der Waals surface area contributed by atoms with Crippen LogP contribution in [-0.4, -0.2) is 27.6 Å². The second-order valence-electron chi connectivity index (χ2n) is 7.21. The fraction of sp³-hybridized carbons (Fsp3) is 0.588. The monoisotopic (exact) mass is 320 g/mol. The van der Waals surface area contributed by atoms with Crippen molar-refractivity contribution in [3.63, 3.8) is 0 Å². The minimum atomic E-state index is -0.287. The molecule has 0 saturated carbocycles. The molecule has 0 fully saturated rings. The van der Waals surface area contributed by atoms with Crippen LogP contribution in [0.4, 0.5) is 0 Å². The van der Waals surface area contributed by atoms with Gasteiger partial charge in [-0.3, -0.25) is 5.41 Å². The summed E-state index contributed by atoms with van der Waals surface area (Å²) in [5.41, 5.74) is 7.64. The maximum absolute atomic E-state index is 9.73. The Morgan fingerprint density at radius 2 is 1.70 bits per heavy atom. The van der Waals surface area contributed by atoms with Crippen molar-refractivity contribution in [3.8, 4) is 11.5 Å². The van der Waals surface area contributed by atoms with E-state index in [2.05, 4.69) is 32.9 Å². The molecular formula is C17H28N4O2. The van der Waals surface area contributed by atoms with Gasteiger partial charge in [0.25, 0.3) is 0 Å². The minimum Gasteiger partial charge on any atom is -0.508 e. The average Bonchev–Trinajstić information content (AvgIpc) is 2.43. The van der Waals surface area contributed by atoms with E-state index in [1.165, 1.54) is 11.1 Å². The summed E-state index contributed by atoms with van der Waals surface area (Å²) in [6.07, 6.45) is 1.62. The van der Waals surface area contributed by atoms with Gasteiger partial charge in [0, 0.05) is 12.6 Å². The summed E-state index contributed by atoms with van der Waals surface area (Å²) in [5, 5.41) is 32.0. The van der Waals surface area contributed by atoms with E-state index < -0.39 is 0 Å². The zero-order valence-electron chi connectivity index (χ0n) is 14.6. The van der Waals surface area contributed by atoms with Gasteiger partial charge in [0.2, 0.25) is 0 Å². The summed E-state index contributed by atoms with van der Waals surface area (Å²) in [6, 6.07) is 4.66. The molecule has 0 bridgehead atoms. The second kappa shape index (κ2) is 6.98. The molecule has 0 radical (unpaired) electrons. The van der Waals surface area contributed by atoms with E-state index in [1.54, 1.807) is 19.1 Å². The molecule has 0 aliphatic carbocycles. The molecular weight excluding hydrogens is 292 g/mol. The number of hydrogen-bond acceptors (Lipinski definition) is 5. The van der Waals surface area contributed by atoms with Crippen molar-refractivity contribution in [2.24, 2.45) is 10.6 Å². The first-order valence-corrected chi connectivity index (χ1v) is 7.76. The molecule has 1 aromatic rings. The van der Waals surface area contributed by atoms with Gasteiger partial charge in [0.05, 0.1) is 0 Å². The van der Waals surface area contributed by atoms with Crippen LogP contribution in [0.3, 0.4) is 0 Å². The van der Waals surface area contributed by atoms with Crippen LogP contribution in [0.25, 0.3) is 0 Å². The third kappa shape index (κ3) is 4.94. The van der Waals surface area contributed by atoms with Crippen molar-refractivity contribution in [2.75, 3.05) is 6.54 Å². The Hall–Kier alpha value is -2.11. The van der Waals surface area contributed by atoms with Crippen LogP contribution in [-0.2, 0) is 5.41 Å². The summed E-state index contributed by atoms with van der Waals surface area (Å²) < 4.78 is 0. The van der Waals surface area contributed by atoms with Gasteiger partial charge in [-0.2, -0.15) is 5.53 Å². The van der Waals surface area contributed by atoms with Gasteiger partial charge in [-0.05, 0) is 48.3 Å². The van der Waals surface area contributed by atoms with E-state index in [1.807, 2.05) is 0 Å². The number of hydrogen-bond donors (Lipinski definition) is 4. The number of benzene rings is 1. The lowest BCUT2D eigenvalue weighted by Crippen LogP contribution is -2.38. The molecule has 1 atom stereocenters. The standard InChI is InChI=1S/C17H28N4O2/c1-6-17(5,11-21(20-19)12(2)18)10-16(3,4)13-7-14(22)9-15(23)8-13/h7-9,18-19,22-23H,6,10-11H2,1-5H3. The molecule has 6 heteroatoms. The number of phenolic OH excluding ortho intramolecular Hbond substituents is 2. The third-order valence-corrected chi connectivity index (χ3v) is 4.45. The number of nitrogens with one attached hydrogen (secondary N) is 2. The molecule has 1 rings (SSSR count). The molecule has 23 heavy (non-hydrogen) atoms. The Bertz CT molecular complexity index is 566. The molecule has 0 amide bonds. The number of nitrogens with zero attached hydrogens (tertiary/aromatic N) is 2. The summed E-state index contributed by atoms with van der Waals surface area (Å²) in [4.78, 5) is 0.